The number of nitrogens with one attached hydrogen (secondary N) is 1. The topological polar surface area (TPSA) is 57.6 Å². The SMILES string of the molecule is CC(O)(CNc1ccnc2c(F)cc(Br)cc12)CN1CCOCC1. The van der Waals surface area contributed by atoms with E-state index in [1.54, 1.807) is 19.2 Å². The first kappa shape index (κ1) is 17.5. The molecule has 1 fully saturated rings. The summed E-state index contributed by atoms with van der Waals surface area (Å²) in [5.41, 5.74) is 0.163. The highest BCUT2D eigenvalue weighted by Gasteiger charge is 2.25. The van der Waals surface area contributed by atoms with E-state index < -0.39 is 5.60 Å². The van der Waals surface area contributed by atoms with Crippen molar-refractivity contribution in [1.82, 2.24) is 9.88 Å². The fraction of sp³-hybridized carbons (Fsp3) is 0.471. The molecular weight excluding hydrogens is 377 g/mol. The van der Waals surface area contributed by atoms with Crippen LogP contribution in [0.2, 0.25) is 0 Å². The number of aromatic nitrogens is 1. The van der Waals surface area contributed by atoms with Crippen LogP contribution in [0.3, 0.4) is 0 Å². The molecule has 2 heterocycles. The van der Waals surface area contributed by atoms with E-state index >= 15 is 0 Å². The van der Waals surface area contributed by atoms with Gasteiger partial charge in [0, 0.05) is 47.9 Å². The summed E-state index contributed by atoms with van der Waals surface area (Å²) in [4.78, 5) is 6.29. The molecule has 1 unspecified atom stereocenters. The number of halogens is 2. The quantitative estimate of drug-likeness (QED) is 0.811. The number of fused-ring (bicyclic) bond motifs is 1. The highest BCUT2D eigenvalue weighted by atomic mass is 79.9. The summed E-state index contributed by atoms with van der Waals surface area (Å²) >= 11 is 3.31. The largest absolute Gasteiger partial charge is 0.387 e. The average Bonchev–Trinajstić information content (AvgIpc) is 2.53. The maximum atomic E-state index is 14.0. The first-order valence-corrected chi connectivity index (χ1v) is 8.74. The molecule has 0 radical (unpaired) electrons. The molecule has 2 N–H and O–H groups in total. The average molecular weight is 398 g/mol. The molecule has 1 atom stereocenters. The summed E-state index contributed by atoms with van der Waals surface area (Å²) < 4.78 is 20.0. The van der Waals surface area contributed by atoms with Crippen molar-refractivity contribution in [2.24, 2.45) is 0 Å². The van der Waals surface area contributed by atoms with Crippen LogP contribution in [0.4, 0.5) is 10.1 Å². The third-order valence-corrected chi connectivity index (χ3v) is 4.55. The van der Waals surface area contributed by atoms with Gasteiger partial charge in [0.2, 0.25) is 0 Å². The van der Waals surface area contributed by atoms with Crippen LogP contribution < -0.4 is 5.32 Å². The number of ether oxygens (including phenoxy) is 1. The minimum atomic E-state index is -0.905. The maximum Gasteiger partial charge on any atom is 0.150 e. The van der Waals surface area contributed by atoms with E-state index in [0.717, 1.165) is 18.8 Å². The van der Waals surface area contributed by atoms with Gasteiger partial charge in [-0.3, -0.25) is 9.88 Å². The molecule has 1 aromatic heterocycles. The second kappa shape index (κ2) is 7.31. The zero-order valence-electron chi connectivity index (χ0n) is 13.6. The molecule has 3 rings (SSSR count). The van der Waals surface area contributed by atoms with Crippen LogP contribution in [0.5, 0.6) is 0 Å². The van der Waals surface area contributed by atoms with Crippen LogP contribution in [0.25, 0.3) is 10.9 Å². The predicted molar refractivity (Wildman–Crippen MR) is 95.8 cm³/mol. The molecule has 7 heteroatoms. The van der Waals surface area contributed by atoms with Crippen LogP contribution in [-0.2, 0) is 4.74 Å². The summed E-state index contributed by atoms with van der Waals surface area (Å²) in [6, 6.07) is 5.01. The summed E-state index contributed by atoms with van der Waals surface area (Å²) in [6.45, 7) is 5.77. The number of morpholine rings is 1. The van der Waals surface area contributed by atoms with E-state index in [1.165, 1.54) is 6.07 Å². The van der Waals surface area contributed by atoms with E-state index in [9.17, 15) is 9.50 Å². The van der Waals surface area contributed by atoms with Crippen molar-refractivity contribution in [1.29, 1.82) is 0 Å². The summed E-state index contributed by atoms with van der Waals surface area (Å²) in [7, 11) is 0. The zero-order chi connectivity index (χ0) is 17.2. The Labute approximate surface area is 148 Å². The Morgan fingerprint density at radius 2 is 2.17 bits per heavy atom. The molecule has 5 nitrogen and oxygen atoms in total. The third kappa shape index (κ3) is 4.22. The number of rotatable bonds is 5. The molecule has 0 bridgehead atoms. The molecule has 1 aliphatic heterocycles. The molecule has 1 saturated heterocycles. The third-order valence-electron chi connectivity index (χ3n) is 4.09. The van der Waals surface area contributed by atoms with Crippen LogP contribution in [-0.4, -0.2) is 60.0 Å². The maximum absolute atomic E-state index is 14.0. The second-order valence-corrected chi connectivity index (χ2v) is 7.30. The van der Waals surface area contributed by atoms with Crippen molar-refractivity contribution >= 4 is 32.5 Å². The Hall–Kier alpha value is -1.28. The van der Waals surface area contributed by atoms with E-state index in [2.05, 4.69) is 31.1 Å². The second-order valence-electron chi connectivity index (χ2n) is 6.38. The molecule has 0 spiro atoms. The van der Waals surface area contributed by atoms with Gasteiger partial charge >= 0.3 is 0 Å². The number of pyridine rings is 1. The standard InChI is InChI=1S/C17H21BrFN3O2/c1-17(23,11-22-4-6-24-7-5-22)10-21-15-2-3-20-16-13(15)8-12(18)9-14(16)19/h2-3,8-9,23H,4-7,10-11H2,1H3,(H,20,21). The molecule has 0 aliphatic carbocycles. The monoisotopic (exact) mass is 397 g/mol. The number of aliphatic hydroxyl groups is 1. The predicted octanol–water partition coefficient (Wildman–Crippen LogP) is 2.63. The van der Waals surface area contributed by atoms with Gasteiger partial charge in [-0.2, -0.15) is 0 Å². The number of nitrogens with zero attached hydrogens (tertiary/aromatic N) is 2. The molecule has 1 aliphatic rings. The lowest BCUT2D eigenvalue weighted by Crippen LogP contribution is -2.49. The minimum Gasteiger partial charge on any atom is -0.387 e. The molecular formula is C17H21BrFN3O2. The zero-order valence-corrected chi connectivity index (χ0v) is 15.1. The van der Waals surface area contributed by atoms with Gasteiger partial charge in [-0.1, -0.05) is 15.9 Å². The lowest BCUT2D eigenvalue weighted by molar-refractivity contribution is -0.0163. The fourth-order valence-electron chi connectivity index (χ4n) is 2.92. The van der Waals surface area contributed by atoms with Gasteiger partial charge in [0.25, 0.3) is 0 Å². The van der Waals surface area contributed by atoms with Crippen LogP contribution in [0.1, 0.15) is 6.92 Å². The summed E-state index contributed by atoms with van der Waals surface area (Å²) in [5, 5.41) is 14.6. The molecule has 24 heavy (non-hydrogen) atoms. The highest BCUT2D eigenvalue weighted by Crippen LogP contribution is 2.28. The number of hydrogen-bond acceptors (Lipinski definition) is 5. The van der Waals surface area contributed by atoms with Crippen molar-refractivity contribution in [3.63, 3.8) is 0 Å². The lowest BCUT2D eigenvalue weighted by Gasteiger charge is -2.34. The molecule has 130 valence electrons. The Kier molecular flexibility index (Phi) is 5.34. The Morgan fingerprint density at radius 3 is 2.92 bits per heavy atom. The highest BCUT2D eigenvalue weighted by molar-refractivity contribution is 9.10. The van der Waals surface area contributed by atoms with Crippen molar-refractivity contribution < 1.29 is 14.2 Å². The van der Waals surface area contributed by atoms with E-state index in [1.807, 2.05) is 6.07 Å². The van der Waals surface area contributed by atoms with Crippen molar-refractivity contribution in [3.05, 3.63) is 34.7 Å². The van der Waals surface area contributed by atoms with Crippen molar-refractivity contribution in [3.8, 4) is 0 Å². The van der Waals surface area contributed by atoms with Gasteiger partial charge in [0.15, 0.2) is 5.82 Å². The van der Waals surface area contributed by atoms with Gasteiger partial charge in [0.05, 0.1) is 18.8 Å². The molecule has 0 amide bonds. The van der Waals surface area contributed by atoms with Crippen LogP contribution in [0, 0.1) is 5.82 Å². The number of benzene rings is 1. The number of anilines is 1. The van der Waals surface area contributed by atoms with Gasteiger partial charge < -0.3 is 15.2 Å². The molecule has 1 aromatic carbocycles. The summed E-state index contributed by atoms with van der Waals surface area (Å²) in [5.74, 6) is -0.372. The van der Waals surface area contributed by atoms with Gasteiger partial charge in [-0.05, 0) is 25.1 Å². The van der Waals surface area contributed by atoms with Crippen LogP contribution >= 0.6 is 15.9 Å². The molecule has 0 saturated carbocycles. The fourth-order valence-corrected chi connectivity index (χ4v) is 3.35. The normalized spacial score (nSPS) is 18.5. The minimum absolute atomic E-state index is 0.316. The first-order chi connectivity index (χ1) is 11.4. The molecule has 2 aromatic rings. The summed E-state index contributed by atoms with van der Waals surface area (Å²) in [6.07, 6.45) is 1.57. The Balaban J connectivity index is 1.72. The lowest BCUT2D eigenvalue weighted by atomic mass is 10.1. The first-order valence-electron chi connectivity index (χ1n) is 7.95. The van der Waals surface area contributed by atoms with Crippen molar-refractivity contribution in [2.45, 2.75) is 12.5 Å². The van der Waals surface area contributed by atoms with Crippen LogP contribution in [0.15, 0.2) is 28.9 Å². The van der Waals surface area contributed by atoms with Gasteiger partial charge in [-0.25, -0.2) is 4.39 Å². The Bertz CT molecular complexity index is 720. The van der Waals surface area contributed by atoms with Gasteiger partial charge in [0.1, 0.15) is 5.52 Å². The van der Waals surface area contributed by atoms with Gasteiger partial charge in [-0.15, -0.1) is 0 Å². The number of hydrogen-bond donors (Lipinski definition) is 2. The van der Waals surface area contributed by atoms with E-state index in [4.69, 9.17) is 4.74 Å². The smallest absolute Gasteiger partial charge is 0.150 e. The van der Waals surface area contributed by atoms with E-state index in [0.29, 0.717) is 41.7 Å². The number of β-amino-alcohol motifs (C(OH)–C–C–N with tert-alkyl or cyclic N) is 1. The Morgan fingerprint density at radius 1 is 1.42 bits per heavy atom. The van der Waals surface area contributed by atoms with E-state index in [-0.39, 0.29) is 5.82 Å². The van der Waals surface area contributed by atoms with Crippen molar-refractivity contribution in [2.75, 3.05) is 44.7 Å².